The number of carbonyl (C=O) groups is 1. The predicted molar refractivity (Wildman–Crippen MR) is 149 cm³/mol. The van der Waals surface area contributed by atoms with Crippen LogP contribution in [0, 0.1) is 11.3 Å². The van der Waals surface area contributed by atoms with Crippen LogP contribution in [-0.2, 0) is 23.9 Å². The molecule has 0 unspecified atom stereocenters. The van der Waals surface area contributed by atoms with Gasteiger partial charge in [0.2, 0.25) is 5.91 Å². The summed E-state index contributed by atoms with van der Waals surface area (Å²) in [6, 6.07) is 12.9. The fraction of sp³-hybridized carbons (Fsp3) is 0.333. The number of anilines is 1. The Balaban J connectivity index is 1.09. The van der Waals surface area contributed by atoms with Gasteiger partial charge in [-0.25, -0.2) is 4.98 Å². The Morgan fingerprint density at radius 3 is 2.66 bits per heavy atom. The zero-order valence-corrected chi connectivity index (χ0v) is 22.2. The van der Waals surface area contributed by atoms with Crippen LogP contribution in [0.25, 0.3) is 21.7 Å². The van der Waals surface area contributed by atoms with Crippen molar-refractivity contribution in [3.63, 3.8) is 0 Å². The molecule has 0 atom stereocenters. The van der Waals surface area contributed by atoms with Gasteiger partial charge in [0.1, 0.15) is 5.82 Å². The number of nitrogens with two attached hydrogens (primary N) is 1. The van der Waals surface area contributed by atoms with Crippen LogP contribution in [0.5, 0.6) is 0 Å². The van der Waals surface area contributed by atoms with E-state index < -0.39 is 17.6 Å². The minimum absolute atomic E-state index is 0.0621. The van der Waals surface area contributed by atoms with Crippen LogP contribution in [0.4, 0.5) is 19.0 Å². The number of halogens is 3. The van der Waals surface area contributed by atoms with Crippen LogP contribution in [-0.4, -0.2) is 48.2 Å². The zero-order valence-electron chi connectivity index (χ0n) is 22.2. The summed E-state index contributed by atoms with van der Waals surface area (Å²) in [5, 5.41) is 14.9. The van der Waals surface area contributed by atoms with Crippen molar-refractivity contribution in [1.82, 2.24) is 15.3 Å². The van der Waals surface area contributed by atoms with E-state index in [1.807, 2.05) is 18.2 Å². The Labute approximate surface area is 234 Å². The number of nitrogens with one attached hydrogen (secondary N) is 1. The van der Waals surface area contributed by atoms with E-state index in [0.29, 0.717) is 55.0 Å². The van der Waals surface area contributed by atoms with Crippen LogP contribution in [0.2, 0.25) is 0 Å². The molecule has 212 valence electrons. The number of ether oxygens (including phenoxy) is 1. The molecule has 0 saturated carbocycles. The summed E-state index contributed by atoms with van der Waals surface area (Å²) in [6.07, 6.45) is 0.713. The molecule has 1 fully saturated rings. The topological polar surface area (TPSA) is 117 Å². The van der Waals surface area contributed by atoms with Crippen LogP contribution < -0.4 is 16.0 Å². The largest absolute Gasteiger partial charge is 0.416 e. The molecule has 0 bridgehead atoms. The predicted octanol–water partition coefficient (Wildman–Crippen LogP) is 4.74. The molecule has 2 aromatic heterocycles. The molecule has 4 aromatic rings. The fourth-order valence-electron chi connectivity index (χ4n) is 5.00. The molecular formula is C30H29F3N6O2. The number of alkyl halides is 3. The van der Waals surface area contributed by atoms with E-state index in [9.17, 15) is 18.0 Å². The lowest BCUT2D eigenvalue weighted by atomic mass is 10.0. The summed E-state index contributed by atoms with van der Waals surface area (Å²) in [4.78, 5) is 22.9. The number of benzene rings is 2. The third-order valence-corrected chi connectivity index (χ3v) is 7.10. The maximum absolute atomic E-state index is 13.2. The smallest absolute Gasteiger partial charge is 0.375 e. The van der Waals surface area contributed by atoms with E-state index in [1.54, 1.807) is 30.6 Å². The maximum atomic E-state index is 13.2. The van der Waals surface area contributed by atoms with Gasteiger partial charge in [0.25, 0.3) is 0 Å². The van der Waals surface area contributed by atoms with Crippen molar-refractivity contribution in [3.8, 4) is 6.07 Å². The van der Waals surface area contributed by atoms with Gasteiger partial charge >= 0.3 is 6.18 Å². The van der Waals surface area contributed by atoms with Gasteiger partial charge in [-0.2, -0.15) is 18.4 Å². The van der Waals surface area contributed by atoms with Gasteiger partial charge in [-0.15, -0.1) is 0 Å². The first kappa shape index (κ1) is 28.3. The lowest BCUT2D eigenvalue weighted by molar-refractivity contribution is -0.137. The van der Waals surface area contributed by atoms with Crippen LogP contribution in [0.15, 0.2) is 54.9 Å². The Morgan fingerprint density at radius 1 is 1.10 bits per heavy atom. The monoisotopic (exact) mass is 562 g/mol. The number of hydrogen-bond acceptors (Lipinski definition) is 7. The summed E-state index contributed by atoms with van der Waals surface area (Å²) in [6.45, 7) is 2.88. The fourth-order valence-corrected chi connectivity index (χ4v) is 5.00. The molecule has 11 heteroatoms. The molecule has 1 amide bonds. The second kappa shape index (κ2) is 12.1. The van der Waals surface area contributed by atoms with Crippen molar-refractivity contribution >= 4 is 33.4 Å². The summed E-state index contributed by atoms with van der Waals surface area (Å²) < 4.78 is 45.5. The first-order valence-corrected chi connectivity index (χ1v) is 13.3. The molecule has 0 radical (unpaired) electrons. The highest BCUT2D eigenvalue weighted by atomic mass is 19.4. The number of amides is 1. The number of nitrogens with zero attached hydrogens (tertiary/aromatic N) is 4. The average molecular weight is 563 g/mol. The molecular weight excluding hydrogens is 533 g/mol. The van der Waals surface area contributed by atoms with Crippen LogP contribution in [0.3, 0.4) is 0 Å². The third-order valence-electron chi connectivity index (χ3n) is 7.10. The van der Waals surface area contributed by atoms with Crippen molar-refractivity contribution in [3.05, 3.63) is 77.1 Å². The molecule has 1 saturated heterocycles. The number of primary amides is 1. The minimum atomic E-state index is -4.45. The van der Waals surface area contributed by atoms with E-state index in [-0.39, 0.29) is 12.5 Å². The Bertz CT molecular complexity index is 1610. The van der Waals surface area contributed by atoms with Crippen LogP contribution in [0.1, 0.15) is 39.9 Å². The highest BCUT2D eigenvalue weighted by molar-refractivity contribution is 6.11. The summed E-state index contributed by atoms with van der Waals surface area (Å²) in [7, 11) is 0. The van der Waals surface area contributed by atoms with Gasteiger partial charge in [0, 0.05) is 60.4 Å². The van der Waals surface area contributed by atoms with E-state index in [0.717, 1.165) is 47.0 Å². The average Bonchev–Trinajstić information content (AvgIpc) is 2.92. The number of unbranched alkanes of at least 4 members (excludes halogenated alkanes) is 1. The molecule has 0 aliphatic carbocycles. The van der Waals surface area contributed by atoms with E-state index in [4.69, 9.17) is 20.7 Å². The van der Waals surface area contributed by atoms with Crippen molar-refractivity contribution in [2.24, 2.45) is 5.73 Å². The Morgan fingerprint density at radius 2 is 1.90 bits per heavy atom. The second-order valence-corrected chi connectivity index (χ2v) is 10.1. The molecule has 41 heavy (non-hydrogen) atoms. The van der Waals surface area contributed by atoms with Crippen molar-refractivity contribution in [2.75, 3.05) is 31.1 Å². The second-order valence-electron chi connectivity index (χ2n) is 10.1. The third kappa shape index (κ3) is 6.56. The Hall–Kier alpha value is -4.27. The number of nitriles is 1. The number of pyridine rings is 2. The molecule has 1 aliphatic rings. The first-order valence-electron chi connectivity index (χ1n) is 13.3. The Kier molecular flexibility index (Phi) is 8.33. The number of fused-ring (bicyclic) bond motifs is 3. The summed E-state index contributed by atoms with van der Waals surface area (Å²) in [5.74, 6) is 0.308. The normalized spacial score (nSPS) is 13.9. The molecule has 0 spiro atoms. The summed E-state index contributed by atoms with van der Waals surface area (Å²) >= 11 is 0. The molecule has 3 N–H and O–H groups in total. The van der Waals surface area contributed by atoms with Crippen LogP contribution >= 0.6 is 0 Å². The first-order chi connectivity index (χ1) is 19.7. The van der Waals surface area contributed by atoms with Crippen molar-refractivity contribution < 1.29 is 22.7 Å². The van der Waals surface area contributed by atoms with Crippen molar-refractivity contribution in [2.45, 2.75) is 38.1 Å². The SMILES string of the molecule is N#CCc1cc(CNCCCCOC2CN(c3nc4cc(C(N)=O)ccc4c4cnccc34)C2)cc(C(F)(F)F)c1. The van der Waals surface area contributed by atoms with Gasteiger partial charge < -0.3 is 20.7 Å². The van der Waals surface area contributed by atoms with Gasteiger partial charge in [-0.05, 0) is 60.8 Å². The molecule has 5 rings (SSSR count). The molecule has 3 heterocycles. The van der Waals surface area contributed by atoms with E-state index in [2.05, 4.69) is 15.2 Å². The number of carbonyl (C=O) groups excluding carboxylic acids is 1. The van der Waals surface area contributed by atoms with Gasteiger partial charge in [-0.3, -0.25) is 9.78 Å². The minimum Gasteiger partial charge on any atom is -0.375 e. The number of aromatic nitrogens is 2. The summed E-state index contributed by atoms with van der Waals surface area (Å²) in [5.41, 5.74) is 6.68. The van der Waals surface area contributed by atoms with Gasteiger partial charge in [0.15, 0.2) is 0 Å². The molecule has 2 aromatic carbocycles. The van der Waals surface area contributed by atoms with Gasteiger partial charge in [-0.1, -0.05) is 12.1 Å². The maximum Gasteiger partial charge on any atom is 0.416 e. The standard InChI is InChI=1S/C30H29F3N6O2/c31-30(32,33)22-12-19(5-7-34)11-20(13-22)15-36-8-1-2-10-41-23-17-39(18-23)29-25-6-9-37-16-26(25)24-4-3-21(28(35)40)14-27(24)38-29/h3-4,6,9,11-14,16,23,36H,1-2,5,8,10,15,17-18H2,(H2,35,40). The lowest BCUT2D eigenvalue weighted by Gasteiger charge is -2.40. The molecule has 1 aliphatic heterocycles. The molecule has 8 nitrogen and oxygen atoms in total. The van der Waals surface area contributed by atoms with Crippen molar-refractivity contribution in [1.29, 1.82) is 5.26 Å². The zero-order chi connectivity index (χ0) is 29.0. The quantitative estimate of drug-likeness (QED) is 0.200. The lowest BCUT2D eigenvalue weighted by Crippen LogP contribution is -2.52. The van der Waals surface area contributed by atoms with Gasteiger partial charge in [0.05, 0.1) is 29.7 Å². The van der Waals surface area contributed by atoms with E-state index >= 15 is 0 Å². The highest BCUT2D eigenvalue weighted by Gasteiger charge is 2.31. The number of rotatable bonds is 11. The number of hydrogen-bond donors (Lipinski definition) is 2. The van der Waals surface area contributed by atoms with E-state index in [1.165, 1.54) is 0 Å². The highest BCUT2D eigenvalue weighted by Crippen LogP contribution is 2.34.